The molecule has 0 bridgehead atoms. The van der Waals surface area contributed by atoms with Crippen molar-refractivity contribution < 1.29 is 0 Å². The van der Waals surface area contributed by atoms with Gasteiger partial charge in [0.05, 0.1) is 0 Å². The third kappa shape index (κ3) is 9.65. The minimum Gasteiger partial charge on any atom is -0.124 e. The fourth-order valence-electron chi connectivity index (χ4n) is 2.12. The van der Waals surface area contributed by atoms with Gasteiger partial charge in [0.1, 0.15) is 0 Å². The van der Waals surface area contributed by atoms with Gasteiger partial charge >= 0.3 is 0 Å². The molecule has 0 aromatic rings. The fraction of sp³-hybridized carbons (Fsp3) is 0.857. The van der Waals surface area contributed by atoms with Gasteiger partial charge in [-0.25, -0.2) is 0 Å². The monoisotopic (exact) mass is 194 g/mol. The molecule has 0 nitrogen and oxygen atoms in total. The lowest BCUT2D eigenvalue weighted by Gasteiger charge is -2.05. The van der Waals surface area contributed by atoms with E-state index in [2.05, 4.69) is 12.8 Å². The Balaban J connectivity index is 0.000000206. The topological polar surface area (TPSA) is 0 Å². The summed E-state index contributed by atoms with van der Waals surface area (Å²) in [5.41, 5.74) is 0. The van der Waals surface area contributed by atoms with Crippen LogP contribution < -0.4 is 0 Å². The molecule has 0 aliphatic heterocycles. The molecule has 2 aliphatic rings. The van der Waals surface area contributed by atoms with Crippen LogP contribution in [0.25, 0.3) is 0 Å². The Morgan fingerprint density at radius 2 is 0.357 bits per heavy atom. The molecule has 0 aromatic carbocycles. The first kappa shape index (κ1) is 13.6. The van der Waals surface area contributed by atoms with E-state index < -0.39 is 0 Å². The number of hydrogen-bond acceptors (Lipinski definition) is 0. The first-order valence-corrected chi connectivity index (χ1v) is 6.33. The molecule has 0 heterocycles. The Morgan fingerprint density at radius 3 is 0.429 bits per heavy atom. The maximum Gasteiger partial charge on any atom is -0.0533 e. The van der Waals surface area contributed by atoms with Crippen LogP contribution in [0.3, 0.4) is 0 Å². The molecular formula is C14H26. The van der Waals surface area contributed by atoms with E-state index in [0.717, 1.165) is 0 Å². The Kier molecular flexibility index (Phi) is 12.2. The molecule has 0 heteroatoms. The van der Waals surface area contributed by atoms with E-state index in [9.17, 15) is 0 Å². The lowest BCUT2D eigenvalue weighted by molar-refractivity contribution is 0.504. The maximum atomic E-state index is 4.00. The van der Waals surface area contributed by atoms with E-state index in [1.54, 1.807) is 0 Å². The molecular weight excluding hydrogens is 168 g/mol. The van der Waals surface area contributed by atoms with Crippen molar-refractivity contribution in [3.8, 4) is 12.8 Å². The van der Waals surface area contributed by atoms with E-state index in [-0.39, 0.29) is 0 Å². The lowest BCUT2D eigenvalue weighted by Crippen LogP contribution is -1.85. The van der Waals surface area contributed by atoms with Gasteiger partial charge in [-0.1, -0.05) is 77.0 Å². The summed E-state index contributed by atoms with van der Waals surface area (Å²) in [6.07, 6.45) is 26.0. The first-order chi connectivity index (χ1) is 7.00. The summed E-state index contributed by atoms with van der Waals surface area (Å²) < 4.78 is 0. The van der Waals surface area contributed by atoms with Crippen LogP contribution in [0.15, 0.2) is 0 Å². The average molecular weight is 194 g/mol. The number of rotatable bonds is 0. The molecule has 0 N–H and O–H groups in total. The minimum absolute atomic E-state index is 1.50. The van der Waals surface area contributed by atoms with Gasteiger partial charge < -0.3 is 0 Å². The van der Waals surface area contributed by atoms with Crippen molar-refractivity contribution in [3.05, 3.63) is 0 Å². The van der Waals surface area contributed by atoms with Crippen molar-refractivity contribution in [2.45, 2.75) is 77.0 Å². The molecule has 2 saturated carbocycles. The van der Waals surface area contributed by atoms with Crippen LogP contribution in [-0.4, -0.2) is 0 Å². The third-order valence-electron chi connectivity index (χ3n) is 3.00. The standard InChI is InChI=1S/2C6H12.C2H2/c2*1-2-4-6-5-3-1;1-2/h2*1-6H2;1-2H. The predicted octanol–water partition coefficient (Wildman–Crippen LogP) is 4.93. The van der Waals surface area contributed by atoms with E-state index in [1.165, 1.54) is 77.0 Å². The highest BCUT2D eigenvalue weighted by molar-refractivity contribution is 4.51. The maximum absolute atomic E-state index is 4.00. The van der Waals surface area contributed by atoms with Crippen LogP contribution in [0.5, 0.6) is 0 Å². The second kappa shape index (κ2) is 12.6. The molecule has 0 amide bonds. The molecule has 0 spiro atoms. The number of terminal acetylenes is 1. The summed E-state index contributed by atoms with van der Waals surface area (Å²) in [4.78, 5) is 0. The summed E-state index contributed by atoms with van der Waals surface area (Å²) in [6, 6.07) is 0. The zero-order chi connectivity index (χ0) is 10.5. The highest BCUT2D eigenvalue weighted by Gasteiger charge is 1.96. The molecule has 0 saturated heterocycles. The van der Waals surface area contributed by atoms with Gasteiger partial charge in [-0.3, -0.25) is 0 Å². The molecule has 0 atom stereocenters. The summed E-state index contributed by atoms with van der Waals surface area (Å²) >= 11 is 0. The largest absolute Gasteiger partial charge is 0.124 e. The average Bonchev–Trinajstić information content (AvgIpc) is 2.37. The highest BCUT2D eigenvalue weighted by atomic mass is 14.0. The number of hydrogen-bond donors (Lipinski definition) is 0. The van der Waals surface area contributed by atoms with E-state index in [4.69, 9.17) is 0 Å². The van der Waals surface area contributed by atoms with Crippen LogP contribution in [0.1, 0.15) is 77.0 Å². The van der Waals surface area contributed by atoms with Crippen LogP contribution >= 0.6 is 0 Å². The van der Waals surface area contributed by atoms with Crippen LogP contribution in [0, 0.1) is 12.8 Å². The predicted molar refractivity (Wildman–Crippen MR) is 65.3 cm³/mol. The normalized spacial score (nSPS) is 20.7. The Hall–Kier alpha value is -0.440. The van der Waals surface area contributed by atoms with E-state index in [1.807, 2.05) is 0 Å². The molecule has 0 unspecified atom stereocenters. The van der Waals surface area contributed by atoms with E-state index in [0.29, 0.717) is 0 Å². The Morgan fingerprint density at radius 1 is 0.286 bits per heavy atom. The fourth-order valence-corrected chi connectivity index (χ4v) is 2.12. The van der Waals surface area contributed by atoms with Gasteiger partial charge in [0, 0.05) is 0 Å². The van der Waals surface area contributed by atoms with E-state index >= 15 is 0 Å². The first-order valence-electron chi connectivity index (χ1n) is 6.33. The van der Waals surface area contributed by atoms with Gasteiger partial charge in [0.25, 0.3) is 0 Å². The van der Waals surface area contributed by atoms with Crippen LogP contribution in [0.2, 0.25) is 0 Å². The Labute approximate surface area is 90.5 Å². The zero-order valence-corrected chi connectivity index (χ0v) is 9.64. The molecule has 0 radical (unpaired) electrons. The van der Waals surface area contributed by atoms with Crippen LogP contribution in [0.4, 0.5) is 0 Å². The summed E-state index contributed by atoms with van der Waals surface area (Å²) in [5.74, 6) is 0. The molecule has 2 aliphatic carbocycles. The van der Waals surface area contributed by atoms with Crippen molar-refractivity contribution >= 4 is 0 Å². The smallest absolute Gasteiger partial charge is 0.0533 e. The van der Waals surface area contributed by atoms with Crippen molar-refractivity contribution in [3.63, 3.8) is 0 Å². The minimum atomic E-state index is 1.50. The summed E-state index contributed by atoms with van der Waals surface area (Å²) in [6.45, 7) is 0. The quantitative estimate of drug-likeness (QED) is 0.480. The van der Waals surface area contributed by atoms with Crippen molar-refractivity contribution in [1.29, 1.82) is 0 Å². The van der Waals surface area contributed by atoms with Gasteiger partial charge in [-0.05, 0) is 0 Å². The second-order valence-corrected chi connectivity index (χ2v) is 4.24. The summed E-state index contributed by atoms with van der Waals surface area (Å²) in [5, 5.41) is 0. The Bertz CT molecular complexity index is 69.4. The molecule has 82 valence electrons. The molecule has 14 heavy (non-hydrogen) atoms. The SMILES string of the molecule is C#C.C1CCCCC1.C1CCCCC1. The molecule has 0 aromatic heterocycles. The van der Waals surface area contributed by atoms with Crippen molar-refractivity contribution in [2.24, 2.45) is 0 Å². The highest BCUT2D eigenvalue weighted by Crippen LogP contribution is 2.15. The van der Waals surface area contributed by atoms with Crippen LogP contribution in [-0.2, 0) is 0 Å². The van der Waals surface area contributed by atoms with Crippen molar-refractivity contribution in [2.75, 3.05) is 0 Å². The summed E-state index contributed by atoms with van der Waals surface area (Å²) in [7, 11) is 0. The van der Waals surface area contributed by atoms with Gasteiger partial charge in [0.2, 0.25) is 0 Å². The van der Waals surface area contributed by atoms with Gasteiger partial charge in [0.15, 0.2) is 0 Å². The van der Waals surface area contributed by atoms with Crippen molar-refractivity contribution in [1.82, 2.24) is 0 Å². The van der Waals surface area contributed by atoms with Gasteiger partial charge in [-0.2, -0.15) is 0 Å². The molecule has 2 rings (SSSR count). The zero-order valence-electron chi connectivity index (χ0n) is 9.64. The molecule has 2 fully saturated rings. The lowest BCUT2D eigenvalue weighted by atomic mass is 10.0. The third-order valence-corrected chi connectivity index (χ3v) is 3.00. The second-order valence-electron chi connectivity index (χ2n) is 4.24. The van der Waals surface area contributed by atoms with Gasteiger partial charge in [-0.15, -0.1) is 12.8 Å².